The Labute approximate surface area is 118 Å². The van der Waals surface area contributed by atoms with Crippen molar-refractivity contribution >= 4 is 11.3 Å². The molecule has 0 aliphatic carbocycles. The summed E-state index contributed by atoms with van der Waals surface area (Å²) in [5.41, 5.74) is 5.74. The van der Waals surface area contributed by atoms with Gasteiger partial charge < -0.3 is 5.32 Å². The van der Waals surface area contributed by atoms with Gasteiger partial charge in [0.1, 0.15) is 0 Å². The van der Waals surface area contributed by atoms with Crippen molar-refractivity contribution in [3.05, 3.63) is 33.5 Å². The Morgan fingerprint density at radius 2 is 2.21 bits per heavy atom. The summed E-state index contributed by atoms with van der Waals surface area (Å²) >= 11 is 1.73. The molecule has 1 atom stereocenters. The van der Waals surface area contributed by atoms with Gasteiger partial charge in [-0.1, -0.05) is 0 Å². The average Bonchev–Trinajstić information content (AvgIpc) is 2.97. The van der Waals surface area contributed by atoms with Crippen LogP contribution >= 0.6 is 11.3 Å². The highest BCUT2D eigenvalue weighted by atomic mass is 32.1. The lowest BCUT2D eigenvalue weighted by molar-refractivity contribution is 0.522. The Bertz CT molecular complexity index is 516. The molecule has 2 aromatic rings. The van der Waals surface area contributed by atoms with Crippen LogP contribution in [0.1, 0.15) is 28.2 Å². The summed E-state index contributed by atoms with van der Waals surface area (Å²) in [5.74, 6) is 0. The number of aryl methyl sites for hydroxylation is 2. The highest BCUT2D eigenvalue weighted by Crippen LogP contribution is 2.17. The highest BCUT2D eigenvalue weighted by Gasteiger charge is 2.13. The summed E-state index contributed by atoms with van der Waals surface area (Å²) in [4.78, 5) is 5.48. The standard InChI is InChI=1S/C14H22N4S/c1-10-14(11(2)18(4)17-10)6-5-12(15-3)7-13-8-16-9-19-13/h8-9,12,15H,5-7H2,1-4H3. The maximum atomic E-state index is 4.48. The summed E-state index contributed by atoms with van der Waals surface area (Å²) in [5, 5.41) is 7.89. The number of nitrogens with zero attached hydrogens (tertiary/aromatic N) is 3. The van der Waals surface area contributed by atoms with Gasteiger partial charge in [0.05, 0.1) is 11.2 Å². The molecule has 2 aromatic heterocycles. The molecule has 2 heterocycles. The molecule has 5 heteroatoms. The molecule has 0 bridgehead atoms. The van der Waals surface area contributed by atoms with Crippen molar-refractivity contribution in [3.63, 3.8) is 0 Å². The minimum atomic E-state index is 0.499. The summed E-state index contributed by atoms with van der Waals surface area (Å²) in [7, 11) is 4.05. The molecule has 0 aliphatic rings. The number of hydrogen-bond acceptors (Lipinski definition) is 4. The molecule has 19 heavy (non-hydrogen) atoms. The molecule has 2 rings (SSSR count). The van der Waals surface area contributed by atoms with Crippen LogP contribution in [0.5, 0.6) is 0 Å². The van der Waals surface area contributed by atoms with Crippen LogP contribution in [-0.4, -0.2) is 27.9 Å². The second-order valence-corrected chi connectivity index (χ2v) is 5.94. The van der Waals surface area contributed by atoms with E-state index in [0.29, 0.717) is 6.04 Å². The van der Waals surface area contributed by atoms with Gasteiger partial charge in [-0.15, -0.1) is 11.3 Å². The maximum Gasteiger partial charge on any atom is 0.0794 e. The number of nitrogens with one attached hydrogen (secondary N) is 1. The van der Waals surface area contributed by atoms with Crippen LogP contribution in [0, 0.1) is 13.8 Å². The smallest absolute Gasteiger partial charge is 0.0794 e. The average molecular weight is 278 g/mol. The van der Waals surface area contributed by atoms with Crippen LogP contribution in [0.25, 0.3) is 0 Å². The van der Waals surface area contributed by atoms with E-state index >= 15 is 0 Å². The van der Waals surface area contributed by atoms with Crippen LogP contribution in [0.2, 0.25) is 0 Å². The largest absolute Gasteiger partial charge is 0.317 e. The van der Waals surface area contributed by atoms with Gasteiger partial charge in [-0.25, -0.2) is 0 Å². The zero-order valence-electron chi connectivity index (χ0n) is 12.1. The lowest BCUT2D eigenvalue weighted by Crippen LogP contribution is -2.28. The molecule has 0 saturated heterocycles. The second-order valence-electron chi connectivity index (χ2n) is 4.97. The van der Waals surface area contributed by atoms with Crippen molar-refractivity contribution in [2.45, 2.75) is 39.2 Å². The van der Waals surface area contributed by atoms with Crippen LogP contribution in [-0.2, 0) is 19.9 Å². The van der Waals surface area contributed by atoms with Gasteiger partial charge >= 0.3 is 0 Å². The third-order valence-corrected chi connectivity index (χ3v) is 4.54. The van der Waals surface area contributed by atoms with Crippen LogP contribution < -0.4 is 5.32 Å². The van der Waals surface area contributed by atoms with Crippen molar-refractivity contribution < 1.29 is 0 Å². The fourth-order valence-electron chi connectivity index (χ4n) is 2.43. The van der Waals surface area contributed by atoms with Gasteiger partial charge in [-0.3, -0.25) is 9.67 Å². The van der Waals surface area contributed by atoms with Crippen LogP contribution in [0.3, 0.4) is 0 Å². The van der Waals surface area contributed by atoms with Gasteiger partial charge in [-0.05, 0) is 45.7 Å². The lowest BCUT2D eigenvalue weighted by atomic mass is 10.0. The molecule has 0 aliphatic heterocycles. The van der Waals surface area contributed by atoms with E-state index in [4.69, 9.17) is 0 Å². The molecular weight excluding hydrogens is 256 g/mol. The Kier molecular flexibility index (Phi) is 4.71. The number of hydrogen-bond donors (Lipinski definition) is 1. The first-order valence-electron chi connectivity index (χ1n) is 6.65. The summed E-state index contributed by atoms with van der Waals surface area (Å²) in [6.45, 7) is 4.24. The monoisotopic (exact) mass is 278 g/mol. The first-order chi connectivity index (χ1) is 9.11. The van der Waals surface area contributed by atoms with Gasteiger partial charge in [0.2, 0.25) is 0 Å². The fourth-order valence-corrected chi connectivity index (χ4v) is 3.11. The third kappa shape index (κ3) is 3.42. The van der Waals surface area contributed by atoms with Gasteiger partial charge in [-0.2, -0.15) is 5.10 Å². The Hall–Kier alpha value is -1.20. The van der Waals surface area contributed by atoms with E-state index in [9.17, 15) is 0 Å². The number of thiazole rings is 1. The SMILES string of the molecule is CNC(CCc1c(C)nn(C)c1C)Cc1cncs1. The van der Waals surface area contributed by atoms with Crippen molar-refractivity contribution in [3.8, 4) is 0 Å². The molecule has 0 saturated carbocycles. The van der Waals surface area contributed by atoms with Crippen molar-refractivity contribution in [1.82, 2.24) is 20.1 Å². The Morgan fingerprint density at radius 3 is 2.74 bits per heavy atom. The summed E-state index contributed by atoms with van der Waals surface area (Å²) < 4.78 is 1.97. The van der Waals surface area contributed by atoms with Crippen LogP contribution in [0.4, 0.5) is 0 Å². The molecule has 0 radical (unpaired) electrons. The van der Waals surface area contributed by atoms with E-state index in [0.717, 1.165) is 25.0 Å². The first kappa shape index (κ1) is 14.2. The predicted molar refractivity (Wildman–Crippen MR) is 79.7 cm³/mol. The molecule has 0 amide bonds. The van der Waals surface area contributed by atoms with Gasteiger partial charge in [0.25, 0.3) is 0 Å². The van der Waals surface area contributed by atoms with Gasteiger partial charge in [0.15, 0.2) is 0 Å². The number of rotatable bonds is 6. The molecular formula is C14H22N4S. The Morgan fingerprint density at radius 1 is 1.42 bits per heavy atom. The lowest BCUT2D eigenvalue weighted by Gasteiger charge is -2.15. The zero-order chi connectivity index (χ0) is 13.8. The quantitative estimate of drug-likeness (QED) is 0.881. The number of likely N-dealkylation sites (N-methyl/N-ethyl adjacent to an activating group) is 1. The zero-order valence-corrected chi connectivity index (χ0v) is 12.9. The summed E-state index contributed by atoms with van der Waals surface area (Å²) in [6.07, 6.45) is 5.23. The minimum absolute atomic E-state index is 0.499. The van der Waals surface area contributed by atoms with E-state index < -0.39 is 0 Å². The fraction of sp³-hybridized carbons (Fsp3) is 0.571. The van der Waals surface area contributed by atoms with E-state index in [2.05, 4.69) is 29.2 Å². The molecule has 4 nitrogen and oxygen atoms in total. The van der Waals surface area contributed by atoms with E-state index in [1.165, 1.54) is 16.1 Å². The van der Waals surface area contributed by atoms with Crippen LogP contribution in [0.15, 0.2) is 11.7 Å². The van der Waals surface area contributed by atoms with E-state index in [1.54, 1.807) is 11.3 Å². The van der Waals surface area contributed by atoms with Crippen molar-refractivity contribution in [2.24, 2.45) is 7.05 Å². The molecule has 104 valence electrons. The maximum absolute atomic E-state index is 4.48. The van der Waals surface area contributed by atoms with Crippen molar-refractivity contribution in [2.75, 3.05) is 7.05 Å². The highest BCUT2D eigenvalue weighted by molar-refractivity contribution is 7.09. The second kappa shape index (κ2) is 6.30. The molecule has 0 aromatic carbocycles. The first-order valence-corrected chi connectivity index (χ1v) is 7.53. The van der Waals surface area contributed by atoms with E-state index in [1.807, 2.05) is 30.5 Å². The predicted octanol–water partition coefficient (Wildman–Crippen LogP) is 2.26. The van der Waals surface area contributed by atoms with Crippen molar-refractivity contribution in [1.29, 1.82) is 0 Å². The Balaban J connectivity index is 1.96. The number of aromatic nitrogens is 3. The molecule has 1 N–H and O–H groups in total. The van der Waals surface area contributed by atoms with Gasteiger partial charge in [0, 0.05) is 29.9 Å². The summed E-state index contributed by atoms with van der Waals surface area (Å²) in [6, 6.07) is 0.499. The minimum Gasteiger partial charge on any atom is -0.317 e. The molecule has 0 fully saturated rings. The van der Waals surface area contributed by atoms with E-state index in [-0.39, 0.29) is 0 Å². The third-order valence-electron chi connectivity index (χ3n) is 3.74. The molecule has 0 spiro atoms. The topological polar surface area (TPSA) is 42.7 Å². The molecule has 1 unspecified atom stereocenters. The normalized spacial score (nSPS) is 12.8.